The van der Waals surface area contributed by atoms with Crippen molar-refractivity contribution in [3.05, 3.63) is 40.3 Å². The van der Waals surface area contributed by atoms with Gasteiger partial charge < -0.3 is 9.84 Å². The van der Waals surface area contributed by atoms with E-state index in [0.717, 1.165) is 6.54 Å². The van der Waals surface area contributed by atoms with Gasteiger partial charge in [0.25, 0.3) is 0 Å². The van der Waals surface area contributed by atoms with Gasteiger partial charge >= 0.3 is 5.88 Å². The summed E-state index contributed by atoms with van der Waals surface area (Å²) in [7, 11) is 0. The number of fused-ring (bicyclic) bond motifs is 1. The van der Waals surface area contributed by atoms with Crippen LogP contribution in [0.15, 0.2) is 28.8 Å². The number of hydrogen-bond acceptors (Lipinski definition) is 6. The van der Waals surface area contributed by atoms with E-state index in [1.54, 1.807) is 6.07 Å². The van der Waals surface area contributed by atoms with E-state index in [2.05, 4.69) is 22.7 Å². The molecule has 3 unspecified atom stereocenters. The third-order valence-electron chi connectivity index (χ3n) is 3.36. The van der Waals surface area contributed by atoms with Crippen LogP contribution in [0.2, 0.25) is 0 Å². The van der Waals surface area contributed by atoms with Crippen LogP contribution in [0.3, 0.4) is 0 Å². The molecule has 3 atom stereocenters. The Bertz CT molecular complexity index is 498. The van der Waals surface area contributed by atoms with Crippen LogP contribution in [0.1, 0.15) is 18.7 Å². The van der Waals surface area contributed by atoms with Gasteiger partial charge in [0.05, 0.1) is 18.3 Å². The predicted molar refractivity (Wildman–Crippen MR) is 63.2 cm³/mol. The summed E-state index contributed by atoms with van der Waals surface area (Å²) in [6, 6.07) is 3.07. The third kappa shape index (κ3) is 1.77. The van der Waals surface area contributed by atoms with Crippen LogP contribution >= 0.6 is 0 Å². The predicted octanol–water partition coefficient (Wildman–Crippen LogP) is 1.13. The van der Waals surface area contributed by atoms with E-state index in [0.29, 0.717) is 11.7 Å². The van der Waals surface area contributed by atoms with Crippen molar-refractivity contribution in [1.82, 2.24) is 15.8 Å². The number of hydrogen-bond donors (Lipinski definition) is 2. The minimum Gasteiger partial charge on any atom is -0.404 e. The number of rotatable bonds is 2. The highest BCUT2D eigenvalue weighted by molar-refractivity contribution is 5.21. The Morgan fingerprint density at radius 1 is 1.56 bits per heavy atom. The maximum Gasteiger partial charge on any atom is 0.433 e. The zero-order valence-corrected chi connectivity index (χ0v) is 9.87. The van der Waals surface area contributed by atoms with Crippen molar-refractivity contribution in [2.45, 2.75) is 19.1 Å². The normalized spacial score (nSPS) is 31.1. The molecule has 7 nitrogen and oxygen atoms in total. The highest BCUT2D eigenvalue weighted by Crippen LogP contribution is 2.31. The lowest BCUT2D eigenvalue weighted by Crippen LogP contribution is -2.55. The molecule has 3 rings (SSSR count). The fraction of sp³-hybridized carbons (Fsp3) is 0.455. The van der Waals surface area contributed by atoms with E-state index in [-0.39, 0.29) is 18.1 Å². The molecule has 2 N–H and O–H groups in total. The maximum atomic E-state index is 10.6. The molecule has 0 aromatic carbocycles. The van der Waals surface area contributed by atoms with E-state index < -0.39 is 4.92 Å². The molecule has 0 amide bonds. The highest BCUT2D eigenvalue weighted by atomic mass is 16.6. The number of nitro groups is 1. The minimum absolute atomic E-state index is 0.00972. The molecule has 0 aliphatic carbocycles. The summed E-state index contributed by atoms with van der Waals surface area (Å²) >= 11 is 0. The summed E-state index contributed by atoms with van der Waals surface area (Å²) in [6.07, 6.45) is 4.00. The molecule has 18 heavy (non-hydrogen) atoms. The van der Waals surface area contributed by atoms with Crippen molar-refractivity contribution >= 4 is 5.88 Å². The van der Waals surface area contributed by atoms with Gasteiger partial charge in [0.1, 0.15) is 10.7 Å². The number of nitrogens with one attached hydrogen (secondary N) is 2. The van der Waals surface area contributed by atoms with Gasteiger partial charge in [-0.3, -0.25) is 15.4 Å². The molecule has 0 spiro atoms. The van der Waals surface area contributed by atoms with Crippen LogP contribution in [0.4, 0.5) is 5.88 Å². The fourth-order valence-corrected chi connectivity index (χ4v) is 2.46. The molecule has 0 saturated carbocycles. The Hall–Kier alpha value is -1.86. The first-order valence-corrected chi connectivity index (χ1v) is 5.85. The van der Waals surface area contributed by atoms with E-state index in [1.165, 1.54) is 6.07 Å². The second kappa shape index (κ2) is 4.11. The van der Waals surface area contributed by atoms with Gasteiger partial charge in [0, 0.05) is 12.7 Å². The zero-order chi connectivity index (χ0) is 12.7. The lowest BCUT2D eigenvalue weighted by Gasteiger charge is -2.38. The average molecular weight is 250 g/mol. The maximum absolute atomic E-state index is 10.6. The topological polar surface area (TPSA) is 83.6 Å². The van der Waals surface area contributed by atoms with Gasteiger partial charge in [-0.05, 0) is 18.1 Å². The summed E-state index contributed by atoms with van der Waals surface area (Å²) in [4.78, 5) is 10.1. The third-order valence-corrected chi connectivity index (χ3v) is 3.36. The molecule has 7 heteroatoms. The van der Waals surface area contributed by atoms with Crippen LogP contribution in [0, 0.1) is 16.0 Å². The Kier molecular flexibility index (Phi) is 2.57. The minimum atomic E-state index is -0.514. The van der Waals surface area contributed by atoms with Crippen LogP contribution < -0.4 is 10.7 Å². The molecule has 1 saturated heterocycles. The molecule has 96 valence electrons. The van der Waals surface area contributed by atoms with Gasteiger partial charge in [-0.1, -0.05) is 6.92 Å². The SMILES string of the molecule is CC1CN2NC=CC2NC1c1ccc([N+](=O)[O-])o1. The quantitative estimate of drug-likeness (QED) is 0.604. The zero-order valence-electron chi connectivity index (χ0n) is 9.87. The van der Waals surface area contributed by atoms with Crippen LogP contribution in [-0.4, -0.2) is 22.6 Å². The molecular formula is C11H14N4O3. The Balaban J connectivity index is 1.81. The largest absolute Gasteiger partial charge is 0.433 e. The van der Waals surface area contributed by atoms with Crippen molar-refractivity contribution in [3.8, 4) is 0 Å². The monoisotopic (exact) mass is 250 g/mol. The summed E-state index contributed by atoms with van der Waals surface area (Å²) in [6.45, 7) is 2.94. The molecule has 1 fully saturated rings. The summed E-state index contributed by atoms with van der Waals surface area (Å²) in [5, 5.41) is 16.1. The highest BCUT2D eigenvalue weighted by Gasteiger charge is 2.36. The van der Waals surface area contributed by atoms with Crippen LogP contribution in [-0.2, 0) is 0 Å². The molecule has 1 aromatic rings. The van der Waals surface area contributed by atoms with Gasteiger partial charge in [-0.25, -0.2) is 5.01 Å². The summed E-state index contributed by atoms with van der Waals surface area (Å²) in [5.74, 6) is 0.704. The fourth-order valence-electron chi connectivity index (χ4n) is 2.46. The number of furan rings is 1. The molecule has 1 aromatic heterocycles. The van der Waals surface area contributed by atoms with E-state index in [1.807, 2.05) is 12.3 Å². The van der Waals surface area contributed by atoms with Crippen LogP contribution in [0.25, 0.3) is 0 Å². The molecule has 3 heterocycles. The van der Waals surface area contributed by atoms with Crippen molar-refractivity contribution < 1.29 is 9.34 Å². The summed E-state index contributed by atoms with van der Waals surface area (Å²) < 4.78 is 5.28. The Morgan fingerprint density at radius 3 is 3.11 bits per heavy atom. The van der Waals surface area contributed by atoms with Gasteiger partial charge in [0.2, 0.25) is 0 Å². The summed E-state index contributed by atoms with van der Waals surface area (Å²) in [5.41, 5.74) is 3.14. The molecule has 0 bridgehead atoms. The van der Waals surface area contributed by atoms with E-state index in [9.17, 15) is 10.1 Å². The first-order valence-electron chi connectivity index (χ1n) is 5.85. The van der Waals surface area contributed by atoms with E-state index in [4.69, 9.17) is 4.42 Å². The molecule has 0 radical (unpaired) electrons. The standard InChI is InChI=1S/C11H14N4O3/c1-7-6-14-9(4-5-12-14)13-11(7)8-2-3-10(18-8)15(16)17/h2-5,7,9,11-13H,6H2,1H3. The molecule has 2 aliphatic heterocycles. The Morgan fingerprint density at radius 2 is 2.39 bits per heavy atom. The van der Waals surface area contributed by atoms with E-state index >= 15 is 0 Å². The van der Waals surface area contributed by atoms with Crippen molar-refractivity contribution in [3.63, 3.8) is 0 Å². The second-order valence-corrected chi connectivity index (χ2v) is 4.64. The van der Waals surface area contributed by atoms with Crippen molar-refractivity contribution in [2.75, 3.05) is 6.54 Å². The Labute approximate surface area is 104 Å². The van der Waals surface area contributed by atoms with Crippen molar-refractivity contribution in [1.29, 1.82) is 0 Å². The first kappa shape index (κ1) is 11.2. The van der Waals surface area contributed by atoms with Gasteiger partial charge in [0.15, 0.2) is 0 Å². The lowest BCUT2D eigenvalue weighted by atomic mass is 9.96. The number of nitrogens with zero attached hydrogens (tertiary/aromatic N) is 2. The lowest BCUT2D eigenvalue weighted by molar-refractivity contribution is -0.402. The number of hydrazine groups is 1. The smallest absolute Gasteiger partial charge is 0.404 e. The average Bonchev–Trinajstić information content (AvgIpc) is 2.94. The van der Waals surface area contributed by atoms with Crippen LogP contribution in [0.5, 0.6) is 0 Å². The van der Waals surface area contributed by atoms with Gasteiger partial charge in [-0.2, -0.15) is 0 Å². The second-order valence-electron chi connectivity index (χ2n) is 4.64. The first-order chi connectivity index (χ1) is 8.65. The van der Waals surface area contributed by atoms with Crippen molar-refractivity contribution in [2.24, 2.45) is 5.92 Å². The molecule has 2 aliphatic rings. The molecular weight excluding hydrogens is 236 g/mol. The van der Waals surface area contributed by atoms with Gasteiger partial charge in [-0.15, -0.1) is 0 Å².